The average Bonchev–Trinajstić information content (AvgIpc) is 1.87. The molecule has 1 amide bonds. The minimum atomic E-state index is -0.764. The van der Waals surface area contributed by atoms with Crippen molar-refractivity contribution in [3.05, 3.63) is 108 Å². The van der Waals surface area contributed by atoms with E-state index in [4.69, 9.17) is 62.1 Å². The Morgan fingerprint density at radius 1 is 0.528 bits per heavy atom. The Bertz CT molecular complexity index is 4020. The number of halogens is 2. The van der Waals surface area contributed by atoms with Gasteiger partial charge >= 0.3 is 24.0 Å². The normalized spacial score (nSPS) is 18.7. The standard InChI is InChI=1S/C31H34ClN7O3.C29H33ClN6O2.C6H6O3/c1-4-25(40)38-11-13-39(14-12-38)30-21-15-23(32)27(26-18(2)5-8-24-22(26)16-33-36-24)29(41-19-6-7-19)28(21)34-31(35-30)42-20-9-10-37(3)17-20;1-17-6-9-23-21(15-31-34-23)24(17)25-22(30)14-20-26(27(25)37-18-7-8-18)32-29(38-19-10-13-35(2)16-19)33-28(20)36-11-4-3-5-12-36;1-3-5(7)9-6(8)4-2/h4-5,8,15-16,19-20H,1,6-7,9-14,17H2,2-3H3,(H,33,36);6,9,14-15,18-19H,3-5,7-8,10-13,16H2,1-2H3,(H,31,34);3-4H,1-2H2. The van der Waals surface area contributed by atoms with Gasteiger partial charge in [-0.1, -0.05) is 55.1 Å². The number of anilines is 2. The highest BCUT2D eigenvalue weighted by Crippen LogP contribution is 2.51. The lowest BCUT2D eigenvalue weighted by molar-refractivity contribution is -0.152. The summed E-state index contributed by atoms with van der Waals surface area (Å²) < 4.78 is 30.2. The lowest BCUT2D eigenvalue weighted by atomic mass is 9.94. The molecule has 4 aromatic heterocycles. The van der Waals surface area contributed by atoms with Crippen molar-refractivity contribution in [2.24, 2.45) is 0 Å². The van der Waals surface area contributed by atoms with Gasteiger partial charge in [0, 0.05) is 121 Å². The van der Waals surface area contributed by atoms with E-state index in [-0.39, 0.29) is 30.3 Å². The molecule has 6 aliphatic rings. The number of likely N-dealkylation sites (tertiary alicyclic amines) is 2. The zero-order chi connectivity index (χ0) is 62.0. The van der Waals surface area contributed by atoms with E-state index in [1.54, 1.807) is 4.90 Å². The molecule has 21 nitrogen and oxygen atoms in total. The summed E-state index contributed by atoms with van der Waals surface area (Å²) in [4.78, 5) is 63.5. The van der Waals surface area contributed by atoms with E-state index in [0.717, 1.165) is 192 Å². The van der Waals surface area contributed by atoms with Crippen LogP contribution in [0.25, 0.3) is 65.9 Å². The van der Waals surface area contributed by atoms with Crippen LogP contribution in [0.5, 0.6) is 23.5 Å². The lowest BCUT2D eigenvalue weighted by Gasteiger charge is -2.35. The van der Waals surface area contributed by atoms with Crippen LogP contribution in [0.15, 0.2) is 86.8 Å². The molecule has 0 bridgehead atoms. The summed E-state index contributed by atoms with van der Waals surface area (Å²) >= 11 is 14.4. The smallest absolute Gasteiger partial charge is 0.338 e. The monoisotopic (exact) mass is 1250 g/mol. The summed E-state index contributed by atoms with van der Waals surface area (Å²) in [5.41, 5.74) is 9.18. The van der Waals surface area contributed by atoms with Gasteiger partial charge in [-0.3, -0.25) is 15.0 Å². The van der Waals surface area contributed by atoms with Crippen molar-refractivity contribution in [3.63, 3.8) is 0 Å². The number of H-pyrrole nitrogens is 2. The maximum atomic E-state index is 12.3. The van der Waals surface area contributed by atoms with Gasteiger partial charge < -0.3 is 48.2 Å². The zero-order valence-corrected chi connectivity index (χ0v) is 52.2. The number of aromatic nitrogens is 8. The van der Waals surface area contributed by atoms with Crippen molar-refractivity contribution >= 4 is 96.3 Å². The highest BCUT2D eigenvalue weighted by molar-refractivity contribution is 6.36. The Labute approximate surface area is 526 Å². The lowest BCUT2D eigenvalue weighted by Crippen LogP contribution is -2.48. The minimum absolute atomic E-state index is 0.00357. The first kappa shape index (κ1) is 60.9. The Morgan fingerprint density at radius 3 is 1.38 bits per heavy atom. The molecule has 2 aliphatic carbocycles. The van der Waals surface area contributed by atoms with Crippen LogP contribution in [-0.4, -0.2) is 177 Å². The zero-order valence-electron chi connectivity index (χ0n) is 50.7. The fourth-order valence-electron chi connectivity index (χ4n) is 12.1. The molecule has 0 radical (unpaired) electrons. The molecular weight excluding hydrogens is 1170 g/mol. The molecule has 8 heterocycles. The molecule has 23 heteroatoms. The average molecular weight is 1250 g/mol. The maximum Gasteiger partial charge on any atom is 0.338 e. The second-order valence-corrected chi connectivity index (χ2v) is 24.5. The molecule has 89 heavy (non-hydrogen) atoms. The number of piperazine rings is 1. The summed E-state index contributed by atoms with van der Waals surface area (Å²) in [7, 11) is 4.22. The topological polar surface area (TPSA) is 222 Å². The third kappa shape index (κ3) is 13.3. The van der Waals surface area contributed by atoms with E-state index >= 15 is 0 Å². The van der Waals surface area contributed by atoms with Crippen molar-refractivity contribution in [1.29, 1.82) is 0 Å². The molecule has 4 aliphatic heterocycles. The highest BCUT2D eigenvalue weighted by atomic mass is 35.5. The second kappa shape index (κ2) is 26.4. The summed E-state index contributed by atoms with van der Waals surface area (Å²) in [6, 6.07) is 13.0. The number of piperidine rings is 1. The molecule has 8 aromatic rings. The van der Waals surface area contributed by atoms with E-state index in [1.165, 1.54) is 12.5 Å². The molecule has 4 aromatic carbocycles. The quantitative estimate of drug-likeness (QED) is 0.0553. The molecule has 2 unspecified atom stereocenters. The van der Waals surface area contributed by atoms with E-state index in [9.17, 15) is 14.4 Å². The third-order valence-electron chi connectivity index (χ3n) is 17.0. The van der Waals surface area contributed by atoms with Gasteiger partial charge in [0.2, 0.25) is 5.91 Å². The molecule has 464 valence electrons. The first-order valence-corrected chi connectivity index (χ1v) is 31.3. The summed E-state index contributed by atoms with van der Waals surface area (Å²) in [5, 5.41) is 19.7. The first-order valence-electron chi connectivity index (χ1n) is 30.5. The highest BCUT2D eigenvalue weighted by Gasteiger charge is 2.35. The Morgan fingerprint density at radius 2 is 0.978 bits per heavy atom. The number of esters is 2. The summed E-state index contributed by atoms with van der Waals surface area (Å²) in [5.74, 6) is 1.41. The van der Waals surface area contributed by atoms with E-state index in [2.05, 4.69) is 111 Å². The molecule has 0 spiro atoms. The van der Waals surface area contributed by atoms with Gasteiger partial charge in [0.15, 0.2) is 11.5 Å². The van der Waals surface area contributed by atoms with Crippen LogP contribution in [0.3, 0.4) is 0 Å². The van der Waals surface area contributed by atoms with Crippen LogP contribution in [0, 0.1) is 13.8 Å². The predicted octanol–water partition coefficient (Wildman–Crippen LogP) is 10.8. The van der Waals surface area contributed by atoms with Crippen molar-refractivity contribution in [2.75, 3.05) is 89.3 Å². The van der Waals surface area contributed by atoms with Crippen LogP contribution < -0.4 is 28.7 Å². The molecule has 2 saturated carbocycles. The van der Waals surface area contributed by atoms with Crippen molar-refractivity contribution in [1.82, 2.24) is 55.0 Å². The fraction of sp³-hybridized carbons (Fsp3) is 0.409. The van der Waals surface area contributed by atoms with Crippen LogP contribution in [0.2, 0.25) is 10.0 Å². The first-order chi connectivity index (χ1) is 43.1. The second-order valence-electron chi connectivity index (χ2n) is 23.7. The number of hydrogen-bond acceptors (Lipinski definition) is 18. The number of nitrogens with zero attached hydrogens (tertiary/aromatic N) is 11. The molecule has 6 fully saturated rings. The summed E-state index contributed by atoms with van der Waals surface area (Å²) in [6.45, 7) is 22.0. The van der Waals surface area contributed by atoms with Crippen LogP contribution >= 0.6 is 23.2 Å². The van der Waals surface area contributed by atoms with E-state index < -0.39 is 11.9 Å². The van der Waals surface area contributed by atoms with E-state index in [0.29, 0.717) is 59.5 Å². The Balaban J connectivity index is 0.000000153. The molecular formula is C66H73Cl2N13O8. The van der Waals surface area contributed by atoms with Gasteiger partial charge in [-0.25, -0.2) is 9.59 Å². The number of nitrogens with one attached hydrogen (secondary N) is 2. The molecule has 4 saturated heterocycles. The number of rotatable bonds is 15. The van der Waals surface area contributed by atoms with E-state index in [1.807, 2.05) is 30.6 Å². The van der Waals surface area contributed by atoms with Crippen LogP contribution in [0.4, 0.5) is 11.6 Å². The molecule has 2 atom stereocenters. The van der Waals surface area contributed by atoms with Gasteiger partial charge in [-0.2, -0.15) is 30.1 Å². The summed E-state index contributed by atoms with van der Waals surface area (Å²) in [6.07, 6.45) is 16.7. The number of aromatic amines is 2. The van der Waals surface area contributed by atoms with Crippen LogP contribution in [-0.2, 0) is 19.1 Å². The number of benzene rings is 4. The number of carbonyl (C=O) groups excluding carboxylic acids is 3. The number of carbonyl (C=O) groups is 3. The minimum Gasteiger partial charge on any atom is -0.487 e. The maximum absolute atomic E-state index is 12.3. The Hall–Kier alpha value is -8.37. The largest absolute Gasteiger partial charge is 0.487 e. The number of ether oxygens (including phenoxy) is 5. The predicted molar refractivity (Wildman–Crippen MR) is 346 cm³/mol. The van der Waals surface area contributed by atoms with Gasteiger partial charge in [0.25, 0.3) is 0 Å². The fourth-order valence-corrected chi connectivity index (χ4v) is 12.7. The molecule has 2 N–H and O–H groups in total. The van der Waals surface area contributed by atoms with Crippen molar-refractivity contribution in [2.45, 2.75) is 96.1 Å². The number of likely N-dealkylation sites (N-methyl/N-ethyl adjacent to an activating group) is 2. The third-order valence-corrected chi connectivity index (χ3v) is 17.6. The number of fused-ring (bicyclic) bond motifs is 4. The molecule has 14 rings (SSSR count). The van der Waals surface area contributed by atoms with Crippen molar-refractivity contribution < 1.29 is 38.1 Å². The Kier molecular flexibility index (Phi) is 18.0. The van der Waals surface area contributed by atoms with Gasteiger partial charge in [0.05, 0.1) is 45.7 Å². The number of amides is 1. The van der Waals surface area contributed by atoms with Gasteiger partial charge in [0.1, 0.15) is 34.9 Å². The van der Waals surface area contributed by atoms with Gasteiger partial charge in [-0.15, -0.1) is 0 Å². The number of aryl methyl sites for hydroxylation is 2. The van der Waals surface area contributed by atoms with Crippen molar-refractivity contribution in [3.8, 4) is 45.8 Å². The van der Waals surface area contributed by atoms with Crippen LogP contribution in [0.1, 0.15) is 68.9 Å². The SMILES string of the molecule is C=CC(=O)N1CCN(c2nc(OC3CCN(C)C3)nc3c(OC4CC4)c(-c4c(C)ccc5[nH]ncc45)c(Cl)cc23)CC1.C=CC(=O)OC(=O)C=C.Cc1ccc2[nH]ncc2c1-c1c(Cl)cc2c(N3CCCCC3)nc(OC3CCN(C)C3)nc2c1OC1CC1. The van der Waals surface area contributed by atoms with Gasteiger partial charge in [-0.05, 0) is 127 Å². The number of hydrogen-bond donors (Lipinski definition) is 2.